The van der Waals surface area contributed by atoms with Crippen LogP contribution in [0, 0.1) is 0 Å². The van der Waals surface area contributed by atoms with E-state index in [1.807, 2.05) is 6.07 Å². The summed E-state index contributed by atoms with van der Waals surface area (Å²) in [6.45, 7) is 1.91. The highest BCUT2D eigenvalue weighted by molar-refractivity contribution is 9.10. The fraction of sp³-hybridized carbons (Fsp3) is 0.500. The minimum atomic E-state index is -4.82. The van der Waals surface area contributed by atoms with Crippen molar-refractivity contribution in [3.05, 3.63) is 28.0 Å². The zero-order valence-electron chi connectivity index (χ0n) is 10.2. The number of hydrogen-bond acceptors (Lipinski definition) is 2. The second-order valence-corrected chi connectivity index (χ2v) is 5.51. The summed E-state index contributed by atoms with van der Waals surface area (Å²) in [7, 11) is 0. The lowest BCUT2D eigenvalue weighted by Crippen LogP contribution is -2.42. The van der Waals surface area contributed by atoms with E-state index in [9.17, 15) is 18.0 Å². The van der Waals surface area contributed by atoms with Gasteiger partial charge in [-0.25, -0.2) is 0 Å². The molecule has 1 aliphatic heterocycles. The van der Waals surface area contributed by atoms with E-state index in [1.54, 1.807) is 13.1 Å². The van der Waals surface area contributed by atoms with Crippen molar-refractivity contribution in [2.24, 2.45) is 0 Å². The Morgan fingerprint density at radius 1 is 1.53 bits per heavy atom. The van der Waals surface area contributed by atoms with Crippen LogP contribution < -0.4 is 0 Å². The van der Waals surface area contributed by atoms with Gasteiger partial charge in [-0.15, -0.1) is 0 Å². The van der Waals surface area contributed by atoms with Crippen LogP contribution in [0.25, 0.3) is 0 Å². The average Bonchev–Trinajstić information content (AvgIpc) is 2.47. The molecule has 0 aliphatic carbocycles. The van der Waals surface area contributed by atoms with E-state index in [4.69, 9.17) is 0 Å². The number of carbonyl (C=O) groups excluding carboxylic acids is 1. The van der Waals surface area contributed by atoms with E-state index in [0.29, 0.717) is 6.42 Å². The maximum Gasteiger partial charge on any atom is 0.471 e. The number of hydrogen-bond donors (Lipinski definition) is 0. The summed E-state index contributed by atoms with van der Waals surface area (Å²) >= 11 is 3.30. The van der Waals surface area contributed by atoms with Crippen LogP contribution in [0.4, 0.5) is 13.2 Å². The molecule has 7 heteroatoms. The molecule has 1 aliphatic rings. The van der Waals surface area contributed by atoms with Crippen molar-refractivity contribution < 1.29 is 18.0 Å². The van der Waals surface area contributed by atoms with Crippen molar-refractivity contribution in [1.29, 1.82) is 0 Å². The summed E-state index contributed by atoms with van der Waals surface area (Å²) < 4.78 is 38.2. The van der Waals surface area contributed by atoms with Crippen LogP contribution in [0.1, 0.15) is 24.1 Å². The first-order valence-electron chi connectivity index (χ1n) is 5.79. The number of nitrogens with zero attached hydrogens (tertiary/aromatic N) is 2. The lowest BCUT2D eigenvalue weighted by molar-refractivity contribution is -0.185. The zero-order chi connectivity index (χ0) is 14.2. The second kappa shape index (κ2) is 5.11. The molecule has 0 saturated carbocycles. The van der Waals surface area contributed by atoms with Gasteiger partial charge in [0, 0.05) is 41.8 Å². The molecule has 104 valence electrons. The van der Waals surface area contributed by atoms with E-state index < -0.39 is 12.1 Å². The van der Waals surface area contributed by atoms with Gasteiger partial charge in [0.05, 0.1) is 0 Å². The predicted molar refractivity (Wildman–Crippen MR) is 66.7 cm³/mol. The van der Waals surface area contributed by atoms with Gasteiger partial charge in [-0.1, -0.05) is 6.92 Å². The molecule has 1 aromatic heterocycles. The topological polar surface area (TPSA) is 33.2 Å². The number of rotatable bonds is 0. The third-order valence-corrected chi connectivity index (χ3v) is 3.58. The largest absolute Gasteiger partial charge is 0.471 e. The highest BCUT2D eigenvalue weighted by atomic mass is 79.9. The van der Waals surface area contributed by atoms with Crippen LogP contribution in [0.15, 0.2) is 16.7 Å². The first-order chi connectivity index (χ1) is 8.79. The molecule has 0 N–H and O–H groups in total. The summed E-state index contributed by atoms with van der Waals surface area (Å²) in [4.78, 5) is 16.4. The van der Waals surface area contributed by atoms with Crippen LogP contribution in [0.5, 0.6) is 0 Å². The fourth-order valence-electron chi connectivity index (χ4n) is 2.24. The highest BCUT2D eigenvalue weighted by Gasteiger charge is 2.43. The molecule has 1 atom stereocenters. The number of carbonyl (C=O) groups is 1. The van der Waals surface area contributed by atoms with Gasteiger partial charge < -0.3 is 4.90 Å². The van der Waals surface area contributed by atoms with E-state index in [2.05, 4.69) is 20.9 Å². The third kappa shape index (κ3) is 3.08. The van der Waals surface area contributed by atoms with E-state index in [0.717, 1.165) is 20.6 Å². The Bertz CT molecular complexity index is 504. The van der Waals surface area contributed by atoms with Crippen molar-refractivity contribution in [1.82, 2.24) is 9.88 Å². The van der Waals surface area contributed by atoms with Gasteiger partial charge in [0.1, 0.15) is 0 Å². The van der Waals surface area contributed by atoms with Gasteiger partial charge in [-0.2, -0.15) is 13.2 Å². The zero-order valence-corrected chi connectivity index (χ0v) is 11.8. The summed E-state index contributed by atoms with van der Waals surface area (Å²) in [5, 5.41) is 0. The second-order valence-electron chi connectivity index (χ2n) is 4.59. The quantitative estimate of drug-likeness (QED) is 0.729. The molecule has 0 bridgehead atoms. The molecule has 2 rings (SSSR count). The Kier molecular flexibility index (Phi) is 3.85. The van der Waals surface area contributed by atoms with Gasteiger partial charge in [0.25, 0.3) is 0 Å². The maximum atomic E-state index is 12.5. The fourth-order valence-corrected chi connectivity index (χ4v) is 2.59. The first kappa shape index (κ1) is 14.3. The van der Waals surface area contributed by atoms with E-state index in [1.165, 1.54) is 0 Å². The van der Waals surface area contributed by atoms with Gasteiger partial charge in [-0.3, -0.25) is 9.78 Å². The number of aromatic nitrogens is 1. The van der Waals surface area contributed by atoms with Gasteiger partial charge in [0.15, 0.2) is 0 Å². The van der Waals surface area contributed by atoms with Crippen molar-refractivity contribution in [3.63, 3.8) is 0 Å². The van der Waals surface area contributed by atoms with Gasteiger partial charge in [-0.05, 0) is 27.6 Å². The SMILES string of the molecule is CC1CN(C(=O)C(F)(F)F)CCc2ncc(Br)cc21. The molecular formula is C12H12BrF3N2O. The number of amides is 1. The Labute approximate surface area is 116 Å². The monoisotopic (exact) mass is 336 g/mol. The normalized spacial score (nSPS) is 19.8. The van der Waals surface area contributed by atoms with Gasteiger partial charge in [0.2, 0.25) is 0 Å². The Morgan fingerprint density at radius 3 is 2.84 bits per heavy atom. The minimum Gasteiger partial charge on any atom is -0.334 e. The summed E-state index contributed by atoms with van der Waals surface area (Å²) in [6, 6.07) is 1.86. The number of alkyl halides is 3. The summed E-state index contributed by atoms with van der Waals surface area (Å²) in [6.07, 6.45) is -2.86. The molecule has 0 fully saturated rings. The minimum absolute atomic E-state index is 0.0459. The molecule has 0 aromatic carbocycles. The molecule has 3 nitrogen and oxygen atoms in total. The van der Waals surface area contributed by atoms with E-state index >= 15 is 0 Å². The summed E-state index contributed by atoms with van der Waals surface area (Å²) in [5.74, 6) is -1.94. The van der Waals surface area contributed by atoms with Crippen LogP contribution in [0.3, 0.4) is 0 Å². The number of halogens is 4. The third-order valence-electron chi connectivity index (χ3n) is 3.14. The van der Waals surface area contributed by atoms with E-state index in [-0.39, 0.29) is 19.0 Å². The molecule has 19 heavy (non-hydrogen) atoms. The average molecular weight is 337 g/mol. The van der Waals surface area contributed by atoms with Crippen LogP contribution in [-0.2, 0) is 11.2 Å². The first-order valence-corrected chi connectivity index (χ1v) is 6.58. The molecule has 0 saturated heterocycles. The maximum absolute atomic E-state index is 12.5. The molecule has 0 spiro atoms. The Balaban J connectivity index is 2.25. The number of fused-ring (bicyclic) bond motifs is 1. The van der Waals surface area contributed by atoms with Crippen LogP contribution in [-0.4, -0.2) is 35.1 Å². The highest BCUT2D eigenvalue weighted by Crippen LogP contribution is 2.28. The molecule has 1 amide bonds. The standard InChI is InChI=1S/C12H12BrF3N2O/c1-7-6-18(11(19)12(14,15)16)3-2-10-9(7)4-8(13)5-17-10/h4-5,7H,2-3,6H2,1H3. The van der Waals surface area contributed by atoms with Gasteiger partial charge >= 0.3 is 12.1 Å². The molecule has 1 aromatic rings. The van der Waals surface area contributed by atoms with Crippen molar-refractivity contribution in [2.45, 2.75) is 25.4 Å². The molecule has 1 unspecified atom stereocenters. The molecular weight excluding hydrogens is 325 g/mol. The lowest BCUT2D eigenvalue weighted by Gasteiger charge is -2.23. The smallest absolute Gasteiger partial charge is 0.334 e. The van der Waals surface area contributed by atoms with Crippen molar-refractivity contribution in [2.75, 3.05) is 13.1 Å². The van der Waals surface area contributed by atoms with Crippen molar-refractivity contribution >= 4 is 21.8 Å². The Hall–Kier alpha value is -1.11. The molecule has 2 heterocycles. The van der Waals surface area contributed by atoms with Crippen molar-refractivity contribution in [3.8, 4) is 0 Å². The molecule has 0 radical (unpaired) electrons. The predicted octanol–water partition coefficient (Wildman–Crippen LogP) is 2.89. The summed E-state index contributed by atoms with van der Waals surface area (Å²) in [5.41, 5.74) is 1.65. The van der Waals surface area contributed by atoms with Crippen LogP contribution in [0.2, 0.25) is 0 Å². The number of pyridine rings is 1. The lowest BCUT2D eigenvalue weighted by atomic mass is 9.99. The Morgan fingerprint density at radius 2 is 2.21 bits per heavy atom. The van der Waals surface area contributed by atoms with Crippen LogP contribution >= 0.6 is 15.9 Å².